The summed E-state index contributed by atoms with van der Waals surface area (Å²) in [4.78, 5) is 19.7. The molecule has 144 valence electrons. The van der Waals surface area contributed by atoms with Crippen molar-refractivity contribution >= 4 is 17.2 Å². The smallest absolute Gasteiger partial charge is 0.254 e. The number of hydrogen-bond donors (Lipinski definition) is 0. The van der Waals surface area contributed by atoms with Crippen LogP contribution < -0.4 is 4.74 Å². The molecule has 0 N–H and O–H groups in total. The first-order chi connectivity index (χ1) is 13.6. The van der Waals surface area contributed by atoms with Crippen molar-refractivity contribution in [2.24, 2.45) is 0 Å². The highest BCUT2D eigenvalue weighted by Gasteiger charge is 2.33. The first-order valence-corrected chi connectivity index (χ1v) is 10.5. The van der Waals surface area contributed by atoms with Crippen LogP contribution in [0, 0.1) is 13.8 Å². The lowest BCUT2D eigenvalue weighted by atomic mass is 10.1. The number of ether oxygens (including phenoxy) is 1. The molecule has 0 spiro atoms. The number of carbonyl (C=O) groups excluding carboxylic acids is 1. The van der Waals surface area contributed by atoms with Crippen LogP contribution in [0.3, 0.4) is 0 Å². The van der Waals surface area contributed by atoms with E-state index in [9.17, 15) is 4.79 Å². The van der Waals surface area contributed by atoms with Crippen molar-refractivity contribution in [2.45, 2.75) is 45.9 Å². The molecule has 5 heteroatoms. The van der Waals surface area contributed by atoms with Crippen LogP contribution in [0.25, 0.3) is 0 Å². The van der Waals surface area contributed by atoms with Crippen LogP contribution in [-0.4, -0.2) is 21.8 Å². The normalized spacial score (nSPS) is 13.4. The van der Waals surface area contributed by atoms with Gasteiger partial charge in [-0.3, -0.25) is 4.79 Å². The zero-order valence-corrected chi connectivity index (χ0v) is 17.0. The van der Waals surface area contributed by atoms with E-state index in [2.05, 4.69) is 0 Å². The average Bonchev–Trinajstić information content (AvgIpc) is 3.44. The third-order valence-corrected chi connectivity index (χ3v) is 5.76. The number of carbonyl (C=O) groups is 1. The molecule has 0 unspecified atom stereocenters. The molecule has 0 aliphatic heterocycles. The van der Waals surface area contributed by atoms with Gasteiger partial charge in [-0.05, 0) is 50.5 Å². The molecule has 2 aromatic carbocycles. The largest absolute Gasteiger partial charge is 0.486 e. The Hall–Kier alpha value is -2.66. The lowest BCUT2D eigenvalue weighted by molar-refractivity contribution is 0.0728. The number of para-hydroxylation sites is 1. The standard InChI is InChI=1S/C23H24N2O2S/c1-16-6-5-8-18(12-16)23(26)25(20-10-11-20)13-19-15-28-22(24-19)14-27-21-9-4-3-7-17(21)2/h3-9,12,15,20H,10-11,13-14H2,1-2H3. The molecular formula is C23H24N2O2S. The zero-order chi connectivity index (χ0) is 19.5. The first kappa shape index (κ1) is 18.7. The Labute approximate surface area is 169 Å². The summed E-state index contributed by atoms with van der Waals surface area (Å²) in [6, 6.07) is 16.1. The fraction of sp³-hybridized carbons (Fsp3) is 0.304. The van der Waals surface area contributed by atoms with Crippen LogP contribution in [0.2, 0.25) is 0 Å². The second-order valence-corrected chi connectivity index (χ2v) is 8.26. The van der Waals surface area contributed by atoms with Gasteiger partial charge in [0.05, 0.1) is 12.2 Å². The van der Waals surface area contributed by atoms with Crippen molar-refractivity contribution in [1.82, 2.24) is 9.88 Å². The van der Waals surface area contributed by atoms with Gasteiger partial charge < -0.3 is 9.64 Å². The number of amides is 1. The number of hydrogen-bond acceptors (Lipinski definition) is 4. The summed E-state index contributed by atoms with van der Waals surface area (Å²) in [6.45, 7) is 5.05. The van der Waals surface area contributed by atoms with E-state index in [1.54, 1.807) is 11.3 Å². The van der Waals surface area contributed by atoms with E-state index in [0.717, 1.165) is 46.0 Å². The minimum Gasteiger partial charge on any atom is -0.486 e. The Kier molecular flexibility index (Phi) is 5.44. The number of benzene rings is 2. The van der Waals surface area contributed by atoms with Gasteiger partial charge in [-0.1, -0.05) is 35.9 Å². The minimum atomic E-state index is 0.0944. The van der Waals surface area contributed by atoms with Gasteiger partial charge in [-0.15, -0.1) is 11.3 Å². The topological polar surface area (TPSA) is 42.4 Å². The van der Waals surface area contributed by atoms with E-state index in [4.69, 9.17) is 9.72 Å². The Morgan fingerprint density at radius 3 is 2.75 bits per heavy atom. The summed E-state index contributed by atoms with van der Waals surface area (Å²) in [7, 11) is 0. The molecule has 1 heterocycles. The molecule has 1 aliphatic rings. The summed E-state index contributed by atoms with van der Waals surface area (Å²) < 4.78 is 5.90. The lowest BCUT2D eigenvalue weighted by Crippen LogP contribution is -2.32. The second-order valence-electron chi connectivity index (χ2n) is 7.32. The monoisotopic (exact) mass is 392 g/mol. The fourth-order valence-corrected chi connectivity index (χ4v) is 3.91. The Morgan fingerprint density at radius 2 is 2.00 bits per heavy atom. The highest BCUT2D eigenvalue weighted by Crippen LogP contribution is 2.30. The van der Waals surface area contributed by atoms with Crippen molar-refractivity contribution in [3.8, 4) is 5.75 Å². The van der Waals surface area contributed by atoms with Gasteiger partial charge in [0, 0.05) is 17.0 Å². The van der Waals surface area contributed by atoms with Crippen LogP contribution >= 0.6 is 11.3 Å². The number of aromatic nitrogens is 1. The van der Waals surface area contributed by atoms with Crippen molar-refractivity contribution in [3.05, 3.63) is 81.3 Å². The molecule has 1 aliphatic carbocycles. The molecule has 0 bridgehead atoms. The van der Waals surface area contributed by atoms with Gasteiger partial charge in [0.1, 0.15) is 17.4 Å². The predicted molar refractivity (Wildman–Crippen MR) is 112 cm³/mol. The maximum Gasteiger partial charge on any atom is 0.254 e. The van der Waals surface area contributed by atoms with Gasteiger partial charge in [-0.25, -0.2) is 4.98 Å². The molecule has 1 amide bonds. The average molecular weight is 393 g/mol. The molecule has 0 atom stereocenters. The van der Waals surface area contributed by atoms with Gasteiger partial charge in [0.15, 0.2) is 0 Å². The number of rotatable bonds is 7. The van der Waals surface area contributed by atoms with Gasteiger partial charge in [-0.2, -0.15) is 0 Å². The summed E-state index contributed by atoms with van der Waals surface area (Å²) in [5, 5.41) is 2.96. The molecule has 1 fully saturated rings. The molecule has 0 saturated heterocycles. The van der Waals surface area contributed by atoms with Crippen molar-refractivity contribution < 1.29 is 9.53 Å². The minimum absolute atomic E-state index is 0.0944. The lowest BCUT2D eigenvalue weighted by Gasteiger charge is -2.21. The first-order valence-electron chi connectivity index (χ1n) is 9.59. The van der Waals surface area contributed by atoms with Crippen molar-refractivity contribution in [3.63, 3.8) is 0 Å². The Morgan fingerprint density at radius 1 is 1.18 bits per heavy atom. The SMILES string of the molecule is Cc1cccc(C(=O)N(Cc2csc(COc3ccccc3C)n2)C2CC2)c1. The van der Waals surface area contributed by atoms with Crippen LogP contribution in [-0.2, 0) is 13.2 Å². The molecule has 3 aromatic rings. The van der Waals surface area contributed by atoms with Crippen LogP contribution in [0.4, 0.5) is 0 Å². The van der Waals surface area contributed by atoms with Crippen LogP contribution in [0.5, 0.6) is 5.75 Å². The van der Waals surface area contributed by atoms with Gasteiger partial charge in [0.25, 0.3) is 5.91 Å². The van der Waals surface area contributed by atoms with Crippen molar-refractivity contribution in [2.75, 3.05) is 0 Å². The van der Waals surface area contributed by atoms with E-state index in [0.29, 0.717) is 19.2 Å². The maximum atomic E-state index is 13.0. The van der Waals surface area contributed by atoms with E-state index in [1.807, 2.05) is 72.7 Å². The number of thiazole rings is 1. The van der Waals surface area contributed by atoms with Crippen LogP contribution in [0.15, 0.2) is 53.9 Å². The predicted octanol–water partition coefficient (Wildman–Crippen LogP) is 5.14. The molecule has 0 radical (unpaired) electrons. The Bertz CT molecular complexity index is 978. The van der Waals surface area contributed by atoms with E-state index < -0.39 is 0 Å². The summed E-state index contributed by atoms with van der Waals surface area (Å²) in [5.74, 6) is 0.977. The molecule has 4 nitrogen and oxygen atoms in total. The second kappa shape index (κ2) is 8.15. The Balaban J connectivity index is 1.42. The summed E-state index contributed by atoms with van der Waals surface area (Å²) in [5.41, 5.74) is 3.90. The maximum absolute atomic E-state index is 13.0. The van der Waals surface area contributed by atoms with Gasteiger partial charge >= 0.3 is 0 Å². The highest BCUT2D eigenvalue weighted by molar-refractivity contribution is 7.09. The van der Waals surface area contributed by atoms with E-state index >= 15 is 0 Å². The van der Waals surface area contributed by atoms with E-state index in [-0.39, 0.29) is 5.91 Å². The summed E-state index contributed by atoms with van der Waals surface area (Å²) >= 11 is 1.58. The number of aryl methyl sites for hydroxylation is 2. The molecule has 28 heavy (non-hydrogen) atoms. The van der Waals surface area contributed by atoms with Crippen LogP contribution in [0.1, 0.15) is 45.0 Å². The summed E-state index contributed by atoms with van der Waals surface area (Å²) in [6.07, 6.45) is 2.15. The third kappa shape index (κ3) is 4.42. The quantitative estimate of drug-likeness (QED) is 0.559. The molecule has 4 rings (SSSR count). The highest BCUT2D eigenvalue weighted by atomic mass is 32.1. The molecule has 1 saturated carbocycles. The number of nitrogens with zero attached hydrogens (tertiary/aromatic N) is 2. The van der Waals surface area contributed by atoms with Gasteiger partial charge in [0.2, 0.25) is 0 Å². The fourth-order valence-electron chi connectivity index (χ4n) is 3.22. The third-order valence-electron chi connectivity index (χ3n) is 4.89. The zero-order valence-electron chi connectivity index (χ0n) is 16.2. The van der Waals surface area contributed by atoms with Crippen molar-refractivity contribution in [1.29, 1.82) is 0 Å². The molecule has 1 aromatic heterocycles. The van der Waals surface area contributed by atoms with E-state index in [1.165, 1.54) is 0 Å². The molecular weight excluding hydrogens is 368 g/mol.